The maximum atomic E-state index is 13.2. The second-order valence-electron chi connectivity index (χ2n) is 4.65. The lowest BCUT2D eigenvalue weighted by molar-refractivity contribution is -0.140. The number of alkyl halides is 3. The molecule has 0 bridgehead atoms. The standard InChI is InChI=1S/C14H10F4N4O/c1-8-20-6-12(22(8)7-14(16,17)18)21-13(23)9-2-3-11(15)10(4-9)5-19/h2-4,6H,7H2,1H3,(H,21,23). The quantitative estimate of drug-likeness (QED) is 0.882. The molecule has 1 heterocycles. The Balaban J connectivity index is 2.26. The number of hydrogen-bond donors (Lipinski definition) is 1. The van der Waals surface area contributed by atoms with E-state index in [4.69, 9.17) is 5.26 Å². The van der Waals surface area contributed by atoms with Gasteiger partial charge < -0.3 is 9.88 Å². The van der Waals surface area contributed by atoms with Crippen LogP contribution in [0.1, 0.15) is 21.7 Å². The molecule has 0 radical (unpaired) electrons. The zero-order valence-electron chi connectivity index (χ0n) is 11.8. The first-order chi connectivity index (χ1) is 10.7. The highest BCUT2D eigenvalue weighted by Gasteiger charge is 2.30. The predicted molar refractivity (Wildman–Crippen MR) is 72.1 cm³/mol. The van der Waals surface area contributed by atoms with E-state index < -0.39 is 24.4 Å². The minimum Gasteiger partial charge on any atom is -0.307 e. The van der Waals surface area contributed by atoms with Gasteiger partial charge in [0.2, 0.25) is 0 Å². The Bertz CT molecular complexity index is 789. The number of imidazole rings is 1. The van der Waals surface area contributed by atoms with Gasteiger partial charge in [0, 0.05) is 5.56 Å². The van der Waals surface area contributed by atoms with Crippen molar-refractivity contribution in [3.8, 4) is 6.07 Å². The fourth-order valence-corrected chi connectivity index (χ4v) is 1.89. The van der Waals surface area contributed by atoms with Crippen LogP contribution in [-0.4, -0.2) is 21.6 Å². The van der Waals surface area contributed by atoms with Gasteiger partial charge in [-0.05, 0) is 25.1 Å². The summed E-state index contributed by atoms with van der Waals surface area (Å²) in [6.07, 6.45) is -3.39. The lowest BCUT2D eigenvalue weighted by atomic mass is 10.1. The molecule has 9 heteroatoms. The molecule has 0 unspecified atom stereocenters. The number of aromatic nitrogens is 2. The molecule has 1 N–H and O–H groups in total. The van der Waals surface area contributed by atoms with Crippen LogP contribution in [0.3, 0.4) is 0 Å². The molecule has 0 spiro atoms. The Kier molecular flexibility index (Phi) is 4.36. The van der Waals surface area contributed by atoms with E-state index >= 15 is 0 Å². The van der Waals surface area contributed by atoms with E-state index in [9.17, 15) is 22.4 Å². The number of aryl methyl sites for hydroxylation is 1. The average molecular weight is 326 g/mol. The van der Waals surface area contributed by atoms with E-state index in [1.54, 1.807) is 6.07 Å². The van der Waals surface area contributed by atoms with E-state index in [-0.39, 0.29) is 22.8 Å². The number of nitriles is 1. The van der Waals surface area contributed by atoms with Crippen LogP contribution >= 0.6 is 0 Å². The number of carbonyl (C=O) groups is 1. The number of carbonyl (C=O) groups excluding carboxylic acids is 1. The summed E-state index contributed by atoms with van der Waals surface area (Å²) in [4.78, 5) is 15.8. The third-order valence-electron chi connectivity index (χ3n) is 2.98. The first-order valence-corrected chi connectivity index (χ1v) is 6.31. The van der Waals surface area contributed by atoms with Crippen LogP contribution in [-0.2, 0) is 6.54 Å². The number of rotatable bonds is 3. The summed E-state index contributed by atoms with van der Waals surface area (Å²) >= 11 is 0. The lowest BCUT2D eigenvalue weighted by Crippen LogP contribution is -2.22. The second kappa shape index (κ2) is 6.08. The van der Waals surface area contributed by atoms with E-state index in [1.807, 2.05) is 0 Å². The molecule has 1 aromatic heterocycles. The topological polar surface area (TPSA) is 70.7 Å². The molecule has 1 amide bonds. The second-order valence-corrected chi connectivity index (χ2v) is 4.65. The van der Waals surface area contributed by atoms with Crippen LogP contribution in [0.5, 0.6) is 0 Å². The molecule has 5 nitrogen and oxygen atoms in total. The number of benzene rings is 1. The molecule has 0 saturated heterocycles. The van der Waals surface area contributed by atoms with E-state index in [2.05, 4.69) is 10.3 Å². The molecule has 0 fully saturated rings. The summed E-state index contributed by atoms with van der Waals surface area (Å²) in [6, 6.07) is 4.66. The number of amides is 1. The zero-order valence-corrected chi connectivity index (χ0v) is 11.8. The number of hydrogen-bond acceptors (Lipinski definition) is 3. The SMILES string of the molecule is Cc1ncc(NC(=O)c2ccc(F)c(C#N)c2)n1CC(F)(F)F. The number of anilines is 1. The van der Waals surface area contributed by atoms with Crippen LogP contribution < -0.4 is 5.32 Å². The Hall–Kier alpha value is -2.89. The van der Waals surface area contributed by atoms with Gasteiger partial charge in [-0.15, -0.1) is 0 Å². The highest BCUT2D eigenvalue weighted by atomic mass is 19.4. The van der Waals surface area contributed by atoms with Crippen LogP contribution in [0, 0.1) is 24.1 Å². The molecule has 1 aromatic carbocycles. The fraction of sp³-hybridized carbons (Fsp3) is 0.214. The Morgan fingerprint density at radius 2 is 2.13 bits per heavy atom. The van der Waals surface area contributed by atoms with E-state index in [0.29, 0.717) is 0 Å². The largest absolute Gasteiger partial charge is 0.406 e. The Labute approximate surface area is 128 Å². The van der Waals surface area contributed by atoms with Gasteiger partial charge in [0.05, 0.1) is 11.8 Å². The molecular weight excluding hydrogens is 316 g/mol. The average Bonchev–Trinajstić information content (AvgIpc) is 2.79. The monoisotopic (exact) mass is 326 g/mol. The summed E-state index contributed by atoms with van der Waals surface area (Å²) in [5, 5.41) is 11.0. The Morgan fingerprint density at radius 3 is 2.74 bits per heavy atom. The zero-order chi connectivity index (χ0) is 17.2. The number of halogens is 4. The smallest absolute Gasteiger partial charge is 0.307 e. The van der Waals surface area contributed by atoms with Crippen molar-refractivity contribution < 1.29 is 22.4 Å². The van der Waals surface area contributed by atoms with Gasteiger partial charge in [0.25, 0.3) is 5.91 Å². The van der Waals surface area contributed by atoms with Crippen LogP contribution in [0.2, 0.25) is 0 Å². The highest BCUT2D eigenvalue weighted by Crippen LogP contribution is 2.22. The summed E-state index contributed by atoms with van der Waals surface area (Å²) in [7, 11) is 0. The molecule has 2 rings (SSSR count). The minimum absolute atomic E-state index is 0.0552. The molecule has 2 aromatic rings. The van der Waals surface area contributed by atoms with Gasteiger partial charge >= 0.3 is 6.18 Å². The Morgan fingerprint density at radius 1 is 1.43 bits per heavy atom. The van der Waals surface area contributed by atoms with Crippen LogP contribution in [0.4, 0.5) is 23.4 Å². The van der Waals surface area contributed by atoms with Crippen molar-refractivity contribution in [2.24, 2.45) is 0 Å². The third kappa shape index (κ3) is 3.85. The fourth-order valence-electron chi connectivity index (χ4n) is 1.89. The van der Waals surface area contributed by atoms with Crippen molar-refractivity contribution in [1.82, 2.24) is 9.55 Å². The van der Waals surface area contributed by atoms with Crippen molar-refractivity contribution in [3.05, 3.63) is 47.2 Å². The van der Waals surface area contributed by atoms with Crippen molar-refractivity contribution in [3.63, 3.8) is 0 Å². The third-order valence-corrected chi connectivity index (χ3v) is 2.98. The molecule has 0 aliphatic heterocycles. The first-order valence-electron chi connectivity index (χ1n) is 6.31. The number of nitrogens with one attached hydrogen (secondary N) is 1. The van der Waals surface area contributed by atoms with Crippen LogP contribution in [0.25, 0.3) is 0 Å². The summed E-state index contributed by atoms with van der Waals surface area (Å²) < 4.78 is 51.6. The van der Waals surface area contributed by atoms with Gasteiger partial charge in [-0.25, -0.2) is 9.37 Å². The molecular formula is C14H10F4N4O. The van der Waals surface area contributed by atoms with Gasteiger partial charge in [0.1, 0.15) is 30.1 Å². The van der Waals surface area contributed by atoms with Gasteiger partial charge in [-0.1, -0.05) is 0 Å². The first kappa shape index (κ1) is 16.5. The molecule has 0 saturated carbocycles. The summed E-state index contributed by atoms with van der Waals surface area (Å²) in [6.45, 7) is 0.0639. The summed E-state index contributed by atoms with van der Waals surface area (Å²) in [5.74, 6) is -1.63. The van der Waals surface area contributed by atoms with E-state index in [0.717, 1.165) is 29.0 Å². The van der Waals surface area contributed by atoms with Crippen molar-refractivity contribution >= 4 is 11.7 Å². The molecule has 0 atom stereocenters. The molecule has 0 aliphatic rings. The van der Waals surface area contributed by atoms with Gasteiger partial charge in [0.15, 0.2) is 0 Å². The van der Waals surface area contributed by atoms with Gasteiger partial charge in [-0.3, -0.25) is 4.79 Å². The lowest BCUT2D eigenvalue weighted by Gasteiger charge is -2.13. The van der Waals surface area contributed by atoms with E-state index in [1.165, 1.54) is 6.92 Å². The van der Waals surface area contributed by atoms with Crippen molar-refractivity contribution in [2.45, 2.75) is 19.6 Å². The normalized spacial score (nSPS) is 11.1. The highest BCUT2D eigenvalue weighted by molar-refractivity contribution is 6.04. The summed E-state index contributed by atoms with van der Waals surface area (Å²) in [5.41, 5.74) is -0.391. The van der Waals surface area contributed by atoms with Crippen molar-refractivity contribution in [2.75, 3.05) is 5.32 Å². The maximum Gasteiger partial charge on any atom is 0.406 e. The molecule has 120 valence electrons. The maximum absolute atomic E-state index is 13.2. The van der Waals surface area contributed by atoms with Gasteiger partial charge in [-0.2, -0.15) is 18.4 Å². The molecule has 0 aliphatic carbocycles. The number of nitrogens with zero attached hydrogens (tertiary/aromatic N) is 3. The molecule has 23 heavy (non-hydrogen) atoms. The van der Waals surface area contributed by atoms with Crippen LogP contribution in [0.15, 0.2) is 24.4 Å². The minimum atomic E-state index is -4.48. The predicted octanol–water partition coefficient (Wildman–Crippen LogP) is 3.02. The van der Waals surface area contributed by atoms with Crippen molar-refractivity contribution in [1.29, 1.82) is 5.26 Å².